The highest BCUT2D eigenvalue weighted by Crippen LogP contribution is 2.54. The van der Waals surface area contributed by atoms with Crippen LogP contribution < -0.4 is 19.9 Å². The lowest BCUT2D eigenvalue weighted by Gasteiger charge is -2.29. The van der Waals surface area contributed by atoms with E-state index >= 15 is 0 Å². The SMILES string of the molecule is COC(=O)c1cc2c(c3c1=C(c1ccccc1)c1ccccc1O3)S[C@](c1ccc(OC)cc1)(c1ccc3sc4ccccc4c3c1)C=2. The van der Waals surface area contributed by atoms with E-state index in [1.165, 1.54) is 27.3 Å². The number of thioether (sulfide) groups is 1. The Balaban J connectivity index is 1.36. The summed E-state index contributed by atoms with van der Waals surface area (Å²) in [5.74, 6) is 1.81. The van der Waals surface area contributed by atoms with Crippen molar-refractivity contribution in [2.24, 2.45) is 0 Å². The molecule has 0 bridgehead atoms. The van der Waals surface area contributed by atoms with Gasteiger partial charge in [0.05, 0.1) is 29.4 Å². The fraction of sp³-hybridized carbons (Fsp3) is 0.0714. The Bertz CT molecular complexity index is 2550. The molecule has 1 aromatic heterocycles. The lowest BCUT2D eigenvalue weighted by molar-refractivity contribution is 0.0598. The molecule has 2 aliphatic heterocycles. The first-order chi connectivity index (χ1) is 23.6. The van der Waals surface area contributed by atoms with E-state index in [0.29, 0.717) is 11.3 Å². The largest absolute Gasteiger partial charge is 0.497 e. The molecule has 7 aromatic rings. The van der Waals surface area contributed by atoms with Gasteiger partial charge in [0.1, 0.15) is 17.2 Å². The van der Waals surface area contributed by atoms with E-state index in [-0.39, 0.29) is 0 Å². The number of ether oxygens (including phenoxy) is 3. The van der Waals surface area contributed by atoms with Crippen molar-refractivity contribution in [1.82, 2.24) is 0 Å². The van der Waals surface area contributed by atoms with Gasteiger partial charge in [-0.1, -0.05) is 91.0 Å². The van der Waals surface area contributed by atoms with Crippen LogP contribution in [0.3, 0.4) is 0 Å². The molecule has 0 aliphatic carbocycles. The van der Waals surface area contributed by atoms with E-state index in [1.54, 1.807) is 18.9 Å². The van der Waals surface area contributed by atoms with Crippen LogP contribution >= 0.6 is 23.1 Å². The molecule has 48 heavy (non-hydrogen) atoms. The van der Waals surface area contributed by atoms with Crippen molar-refractivity contribution in [1.29, 1.82) is 0 Å². The number of methoxy groups -OCH3 is 2. The van der Waals surface area contributed by atoms with Crippen molar-refractivity contribution in [3.8, 4) is 17.2 Å². The summed E-state index contributed by atoms with van der Waals surface area (Å²) in [6, 6.07) is 43.9. The first-order valence-electron chi connectivity index (χ1n) is 15.7. The lowest BCUT2D eigenvalue weighted by atomic mass is 9.87. The Kier molecular flexibility index (Phi) is 6.71. The van der Waals surface area contributed by atoms with Crippen LogP contribution in [0.2, 0.25) is 0 Å². The minimum Gasteiger partial charge on any atom is -0.497 e. The number of fused-ring (bicyclic) bond motifs is 7. The number of esters is 1. The highest BCUT2D eigenvalue weighted by atomic mass is 32.2. The molecule has 0 fully saturated rings. The number of carbonyl (C=O) groups is 1. The molecule has 2 aliphatic rings. The average Bonchev–Trinajstić information content (AvgIpc) is 3.73. The van der Waals surface area contributed by atoms with Crippen LogP contribution in [0.25, 0.3) is 31.8 Å². The van der Waals surface area contributed by atoms with Crippen LogP contribution in [-0.4, -0.2) is 20.2 Å². The summed E-state index contributed by atoms with van der Waals surface area (Å²) in [6.45, 7) is 0. The van der Waals surface area contributed by atoms with Gasteiger partial charge in [-0.15, -0.1) is 23.1 Å². The molecular weight excluding hydrogens is 633 g/mol. The second-order valence-electron chi connectivity index (χ2n) is 11.9. The molecule has 0 unspecified atom stereocenters. The molecule has 1 atom stereocenters. The number of carbonyl (C=O) groups excluding carboxylic acids is 1. The van der Waals surface area contributed by atoms with Crippen LogP contribution in [0.15, 0.2) is 132 Å². The zero-order valence-corrected chi connectivity index (χ0v) is 27.8. The van der Waals surface area contributed by atoms with Crippen LogP contribution in [0.1, 0.15) is 32.6 Å². The molecule has 3 heterocycles. The minimum atomic E-state index is -0.623. The Morgan fingerprint density at radius 1 is 0.729 bits per heavy atom. The van der Waals surface area contributed by atoms with Crippen molar-refractivity contribution in [3.63, 3.8) is 0 Å². The number of para-hydroxylation sites is 1. The summed E-state index contributed by atoms with van der Waals surface area (Å²) in [4.78, 5) is 14.6. The third kappa shape index (κ3) is 4.33. The average molecular weight is 661 g/mol. The Morgan fingerprint density at radius 2 is 1.46 bits per heavy atom. The fourth-order valence-corrected chi connectivity index (χ4v) is 9.62. The lowest BCUT2D eigenvalue weighted by Crippen LogP contribution is -2.28. The van der Waals surface area contributed by atoms with Gasteiger partial charge in [-0.2, -0.15) is 0 Å². The van der Waals surface area contributed by atoms with Gasteiger partial charge in [0.15, 0.2) is 0 Å². The van der Waals surface area contributed by atoms with E-state index in [1.807, 2.05) is 65.9 Å². The van der Waals surface area contributed by atoms with E-state index in [0.717, 1.165) is 54.7 Å². The second kappa shape index (κ2) is 11.2. The maximum Gasteiger partial charge on any atom is 0.338 e. The fourth-order valence-electron chi connectivity index (χ4n) is 7.06. The van der Waals surface area contributed by atoms with Crippen LogP contribution in [0.5, 0.6) is 17.2 Å². The van der Waals surface area contributed by atoms with Crippen LogP contribution in [-0.2, 0) is 9.48 Å². The third-order valence-electron chi connectivity index (χ3n) is 9.30. The quantitative estimate of drug-likeness (QED) is 0.173. The number of benzene rings is 6. The van der Waals surface area contributed by atoms with E-state index in [9.17, 15) is 4.79 Å². The third-order valence-corrected chi connectivity index (χ3v) is 12.0. The summed E-state index contributed by atoms with van der Waals surface area (Å²) >= 11 is 3.56. The highest BCUT2D eigenvalue weighted by molar-refractivity contribution is 8.01. The zero-order chi connectivity index (χ0) is 32.4. The number of thiophene rings is 1. The Hall–Kier alpha value is -5.30. The molecule has 6 aromatic carbocycles. The van der Waals surface area contributed by atoms with Crippen LogP contribution in [0.4, 0.5) is 0 Å². The van der Waals surface area contributed by atoms with Crippen molar-refractivity contribution >= 4 is 60.9 Å². The zero-order valence-electron chi connectivity index (χ0n) is 26.2. The highest BCUT2D eigenvalue weighted by Gasteiger charge is 2.41. The maximum atomic E-state index is 13.7. The number of hydrogen-bond acceptors (Lipinski definition) is 6. The van der Waals surface area contributed by atoms with E-state index in [2.05, 4.69) is 78.9 Å². The first-order valence-corrected chi connectivity index (χ1v) is 17.3. The van der Waals surface area contributed by atoms with Crippen molar-refractivity contribution < 1.29 is 19.0 Å². The maximum absolute atomic E-state index is 13.7. The monoisotopic (exact) mass is 660 g/mol. The molecule has 0 spiro atoms. The molecule has 0 radical (unpaired) electrons. The summed E-state index contributed by atoms with van der Waals surface area (Å²) in [5.41, 5.74) is 5.60. The molecule has 6 heteroatoms. The predicted octanol–water partition coefficient (Wildman–Crippen LogP) is 9.03. The summed E-state index contributed by atoms with van der Waals surface area (Å²) < 4.78 is 19.7. The second-order valence-corrected chi connectivity index (χ2v) is 14.2. The van der Waals surface area contributed by atoms with Gasteiger partial charge in [0.2, 0.25) is 0 Å². The minimum absolute atomic E-state index is 0.406. The topological polar surface area (TPSA) is 44.8 Å². The van der Waals surface area contributed by atoms with Gasteiger partial charge in [-0.25, -0.2) is 4.79 Å². The van der Waals surface area contributed by atoms with Gasteiger partial charge in [0.25, 0.3) is 0 Å². The van der Waals surface area contributed by atoms with Gasteiger partial charge in [-0.05, 0) is 64.4 Å². The summed E-state index contributed by atoms with van der Waals surface area (Å²) in [6.07, 6.45) is 2.28. The van der Waals surface area contributed by atoms with Gasteiger partial charge >= 0.3 is 5.97 Å². The molecule has 4 nitrogen and oxygen atoms in total. The summed E-state index contributed by atoms with van der Waals surface area (Å²) in [7, 11) is 3.12. The molecule has 0 amide bonds. The standard InChI is InChI=1S/C42H28O4S2/c1-44-29-19-16-27(17-20-29)42(28-18-21-36-32(23-28)30-12-7-9-15-35(30)47-36)24-26-22-33(41(43)45-2)38-37(25-10-4-3-5-11-25)31-13-6-8-14-34(31)46-39(38)40(26)48-42/h3-24H,1-2H3/t42-/m1/s1. The van der Waals surface area contributed by atoms with Gasteiger partial charge in [0, 0.05) is 36.5 Å². The van der Waals surface area contributed by atoms with Crippen LogP contribution in [0, 0.1) is 0 Å². The molecule has 0 N–H and O–H groups in total. The Labute approximate surface area is 285 Å². The molecule has 9 rings (SSSR count). The molecule has 0 saturated carbocycles. The van der Waals surface area contributed by atoms with E-state index in [4.69, 9.17) is 14.2 Å². The van der Waals surface area contributed by atoms with Gasteiger partial charge in [-0.3, -0.25) is 0 Å². The summed E-state index contributed by atoms with van der Waals surface area (Å²) in [5, 5.41) is 4.15. The first kappa shape index (κ1) is 28.9. The molecular formula is C42H28O4S2. The van der Waals surface area contributed by atoms with Gasteiger partial charge < -0.3 is 14.2 Å². The number of hydrogen-bond donors (Lipinski definition) is 0. The Morgan fingerprint density at radius 3 is 2.27 bits per heavy atom. The van der Waals surface area contributed by atoms with Crippen molar-refractivity contribution in [2.45, 2.75) is 9.64 Å². The number of rotatable bonds is 5. The molecule has 232 valence electrons. The normalized spacial score (nSPS) is 16.1. The van der Waals surface area contributed by atoms with Crippen molar-refractivity contribution in [2.75, 3.05) is 14.2 Å². The molecule has 0 saturated heterocycles. The van der Waals surface area contributed by atoms with Crippen molar-refractivity contribution in [3.05, 3.63) is 166 Å². The smallest absolute Gasteiger partial charge is 0.338 e. The predicted molar refractivity (Wildman–Crippen MR) is 195 cm³/mol. The van der Waals surface area contributed by atoms with E-state index < -0.39 is 10.7 Å².